The van der Waals surface area contributed by atoms with Crippen LogP contribution in [0.3, 0.4) is 0 Å². The largest absolute Gasteiger partial charge is 0.370 e. The van der Waals surface area contributed by atoms with Crippen LogP contribution in [0.2, 0.25) is 0 Å². The third-order valence-corrected chi connectivity index (χ3v) is 4.35. The van der Waals surface area contributed by atoms with Gasteiger partial charge in [0.1, 0.15) is 10.7 Å². The first kappa shape index (κ1) is 15.5. The normalized spacial score (nSPS) is 11.5. The van der Waals surface area contributed by atoms with Crippen molar-refractivity contribution >= 4 is 15.8 Å². The van der Waals surface area contributed by atoms with Crippen LogP contribution in [0.15, 0.2) is 35.6 Å². The molecule has 0 atom stereocenters. The van der Waals surface area contributed by atoms with Crippen molar-refractivity contribution in [1.82, 2.24) is 19.5 Å². The van der Waals surface area contributed by atoms with Crippen LogP contribution in [0, 0.1) is 6.92 Å². The van der Waals surface area contributed by atoms with Gasteiger partial charge in [0.25, 0.3) is 0 Å². The molecule has 0 saturated heterocycles. The highest BCUT2D eigenvalue weighted by Gasteiger charge is 2.10. The number of nitrogens with zero attached hydrogens (tertiary/aromatic N) is 3. The SMILES string of the molecule is CNS(=O)(=O)c1ccc(NCCCn2cc(C)cn2)nc1. The van der Waals surface area contributed by atoms with E-state index >= 15 is 0 Å². The van der Waals surface area contributed by atoms with Crippen molar-refractivity contribution in [3.63, 3.8) is 0 Å². The molecule has 2 N–H and O–H groups in total. The summed E-state index contributed by atoms with van der Waals surface area (Å²) in [6.07, 6.45) is 6.07. The average molecular weight is 309 g/mol. The van der Waals surface area contributed by atoms with E-state index in [9.17, 15) is 8.42 Å². The molecule has 0 spiro atoms. The minimum Gasteiger partial charge on any atom is -0.370 e. The summed E-state index contributed by atoms with van der Waals surface area (Å²) in [6, 6.07) is 3.18. The zero-order chi connectivity index (χ0) is 15.3. The molecular weight excluding hydrogens is 290 g/mol. The number of hydrogen-bond donors (Lipinski definition) is 2. The van der Waals surface area contributed by atoms with E-state index in [1.165, 1.54) is 19.3 Å². The summed E-state index contributed by atoms with van der Waals surface area (Å²) in [5, 5.41) is 7.36. The molecule has 2 aromatic heterocycles. The van der Waals surface area contributed by atoms with Gasteiger partial charge in [-0.1, -0.05) is 0 Å². The van der Waals surface area contributed by atoms with Gasteiger partial charge in [-0.25, -0.2) is 18.1 Å². The Balaban J connectivity index is 1.81. The molecule has 0 radical (unpaired) electrons. The molecule has 0 fully saturated rings. The lowest BCUT2D eigenvalue weighted by molar-refractivity contribution is 0.587. The lowest BCUT2D eigenvalue weighted by Crippen LogP contribution is -2.18. The Labute approximate surface area is 124 Å². The quantitative estimate of drug-likeness (QED) is 0.745. The number of hydrogen-bond acceptors (Lipinski definition) is 5. The second-order valence-electron chi connectivity index (χ2n) is 4.65. The van der Waals surface area contributed by atoms with Crippen molar-refractivity contribution in [3.8, 4) is 0 Å². The van der Waals surface area contributed by atoms with Gasteiger partial charge in [-0.2, -0.15) is 5.10 Å². The van der Waals surface area contributed by atoms with Crippen LogP contribution in [0.25, 0.3) is 0 Å². The molecule has 0 aliphatic rings. The summed E-state index contributed by atoms with van der Waals surface area (Å²) in [6.45, 7) is 3.57. The Morgan fingerprint density at radius 2 is 2.10 bits per heavy atom. The van der Waals surface area contributed by atoms with Gasteiger partial charge in [0, 0.05) is 25.5 Å². The second-order valence-corrected chi connectivity index (χ2v) is 6.53. The first-order valence-electron chi connectivity index (χ1n) is 6.64. The van der Waals surface area contributed by atoms with Gasteiger partial charge in [0.15, 0.2) is 0 Å². The monoisotopic (exact) mass is 309 g/mol. The molecule has 114 valence electrons. The number of rotatable bonds is 7. The highest BCUT2D eigenvalue weighted by molar-refractivity contribution is 7.89. The molecule has 0 saturated carbocycles. The van der Waals surface area contributed by atoms with E-state index < -0.39 is 10.0 Å². The molecule has 0 aliphatic heterocycles. The summed E-state index contributed by atoms with van der Waals surface area (Å²) in [5.74, 6) is 0.654. The van der Waals surface area contributed by atoms with Crippen molar-refractivity contribution < 1.29 is 8.42 Å². The fraction of sp³-hybridized carbons (Fsp3) is 0.385. The molecule has 7 nitrogen and oxygen atoms in total. The molecule has 0 unspecified atom stereocenters. The topological polar surface area (TPSA) is 88.9 Å². The van der Waals surface area contributed by atoms with Crippen LogP contribution in [-0.2, 0) is 16.6 Å². The van der Waals surface area contributed by atoms with Crippen molar-refractivity contribution in [1.29, 1.82) is 0 Å². The summed E-state index contributed by atoms with van der Waals surface area (Å²) in [5.41, 5.74) is 1.14. The van der Waals surface area contributed by atoms with E-state index in [1.54, 1.807) is 6.07 Å². The number of nitrogens with one attached hydrogen (secondary N) is 2. The standard InChI is InChI=1S/C13H19N5O2S/c1-11-8-17-18(10-11)7-3-6-15-13-5-4-12(9-16-13)21(19,20)14-2/h4-5,8-10,14H,3,6-7H2,1-2H3,(H,15,16). The zero-order valence-electron chi connectivity index (χ0n) is 12.1. The average Bonchev–Trinajstić information content (AvgIpc) is 2.90. The maximum absolute atomic E-state index is 11.6. The van der Waals surface area contributed by atoms with E-state index in [-0.39, 0.29) is 4.90 Å². The van der Waals surface area contributed by atoms with Crippen molar-refractivity contribution in [2.45, 2.75) is 24.8 Å². The molecule has 21 heavy (non-hydrogen) atoms. The molecule has 0 aliphatic carbocycles. The third kappa shape index (κ3) is 4.27. The van der Waals surface area contributed by atoms with E-state index in [1.807, 2.05) is 24.0 Å². The van der Waals surface area contributed by atoms with E-state index in [4.69, 9.17) is 0 Å². The molecule has 2 heterocycles. The minimum absolute atomic E-state index is 0.155. The fourth-order valence-corrected chi connectivity index (χ4v) is 2.48. The number of aromatic nitrogens is 3. The number of sulfonamides is 1. The summed E-state index contributed by atoms with van der Waals surface area (Å²) >= 11 is 0. The Morgan fingerprint density at radius 1 is 1.29 bits per heavy atom. The number of anilines is 1. The van der Waals surface area contributed by atoms with Gasteiger partial charge in [0.05, 0.1) is 6.20 Å². The summed E-state index contributed by atoms with van der Waals surface area (Å²) < 4.78 is 27.2. The van der Waals surface area contributed by atoms with Gasteiger partial charge in [-0.15, -0.1) is 0 Å². The minimum atomic E-state index is -3.43. The highest BCUT2D eigenvalue weighted by atomic mass is 32.2. The molecule has 2 rings (SSSR count). The number of aryl methyl sites for hydroxylation is 2. The van der Waals surface area contributed by atoms with Crippen LogP contribution in [0.1, 0.15) is 12.0 Å². The Morgan fingerprint density at radius 3 is 2.67 bits per heavy atom. The van der Waals surface area contributed by atoms with Gasteiger partial charge >= 0.3 is 0 Å². The second kappa shape index (κ2) is 6.68. The van der Waals surface area contributed by atoms with Gasteiger partial charge in [-0.05, 0) is 38.1 Å². The lowest BCUT2D eigenvalue weighted by atomic mass is 10.4. The van der Waals surface area contributed by atoms with Crippen LogP contribution in [0.5, 0.6) is 0 Å². The lowest BCUT2D eigenvalue weighted by Gasteiger charge is -2.07. The molecule has 0 bridgehead atoms. The van der Waals surface area contributed by atoms with Crippen LogP contribution < -0.4 is 10.0 Å². The van der Waals surface area contributed by atoms with Crippen LogP contribution in [-0.4, -0.2) is 36.8 Å². The zero-order valence-corrected chi connectivity index (χ0v) is 12.9. The van der Waals surface area contributed by atoms with E-state index in [0.29, 0.717) is 5.82 Å². The van der Waals surface area contributed by atoms with Gasteiger partial charge in [-0.3, -0.25) is 4.68 Å². The van der Waals surface area contributed by atoms with Gasteiger partial charge in [0.2, 0.25) is 10.0 Å². The van der Waals surface area contributed by atoms with Crippen LogP contribution in [0.4, 0.5) is 5.82 Å². The van der Waals surface area contributed by atoms with Crippen molar-refractivity contribution in [2.75, 3.05) is 18.9 Å². The Hall–Kier alpha value is -1.93. The van der Waals surface area contributed by atoms with E-state index in [0.717, 1.165) is 25.1 Å². The Bertz CT molecular complexity index is 679. The molecule has 8 heteroatoms. The molecule has 0 aromatic carbocycles. The third-order valence-electron chi connectivity index (χ3n) is 2.95. The van der Waals surface area contributed by atoms with Crippen LogP contribution >= 0.6 is 0 Å². The van der Waals surface area contributed by atoms with E-state index in [2.05, 4.69) is 20.1 Å². The van der Waals surface area contributed by atoms with Crippen molar-refractivity contribution in [2.24, 2.45) is 0 Å². The molecule has 0 amide bonds. The fourth-order valence-electron chi connectivity index (χ4n) is 1.81. The smallest absolute Gasteiger partial charge is 0.241 e. The molecular formula is C13H19N5O2S. The maximum Gasteiger partial charge on any atom is 0.241 e. The Kier molecular flexibility index (Phi) is 4.92. The maximum atomic E-state index is 11.6. The first-order chi connectivity index (χ1) is 10.0. The van der Waals surface area contributed by atoms with Crippen molar-refractivity contribution in [3.05, 3.63) is 36.3 Å². The number of pyridine rings is 1. The molecule has 2 aromatic rings. The highest BCUT2D eigenvalue weighted by Crippen LogP contribution is 2.10. The van der Waals surface area contributed by atoms with Gasteiger partial charge < -0.3 is 5.32 Å². The summed E-state index contributed by atoms with van der Waals surface area (Å²) in [7, 11) is -2.05. The summed E-state index contributed by atoms with van der Waals surface area (Å²) in [4.78, 5) is 4.24. The predicted molar refractivity (Wildman–Crippen MR) is 80.6 cm³/mol. The predicted octanol–water partition coefficient (Wildman–Crippen LogP) is 0.997. The first-order valence-corrected chi connectivity index (χ1v) is 8.12.